The lowest BCUT2D eigenvalue weighted by molar-refractivity contribution is 0.187. The van der Waals surface area contributed by atoms with E-state index >= 15 is 0 Å². The lowest BCUT2D eigenvalue weighted by atomic mass is 10.2. The van der Waals surface area contributed by atoms with E-state index in [9.17, 15) is 4.39 Å². The Bertz CT molecular complexity index is 512. The highest BCUT2D eigenvalue weighted by atomic mass is 19.1. The number of halogens is 1. The number of hydrogen-bond donors (Lipinski definition) is 1. The van der Waals surface area contributed by atoms with Crippen molar-refractivity contribution in [2.45, 2.75) is 6.54 Å². The fraction of sp³-hybridized carbons (Fsp3) is 0.273. The van der Waals surface area contributed by atoms with Gasteiger partial charge in [-0.25, -0.2) is 4.39 Å². The van der Waals surface area contributed by atoms with E-state index in [4.69, 9.17) is 10.5 Å². The first-order valence-corrected chi connectivity index (χ1v) is 5.14. The molecule has 17 heavy (non-hydrogen) atoms. The van der Waals surface area contributed by atoms with E-state index in [2.05, 4.69) is 10.2 Å². The number of hydrogen-bond acceptors (Lipinski definition) is 4. The van der Waals surface area contributed by atoms with Gasteiger partial charge >= 0.3 is 0 Å². The molecule has 1 aromatic heterocycles. The third-order valence-corrected chi connectivity index (χ3v) is 2.41. The van der Waals surface area contributed by atoms with E-state index in [1.807, 2.05) is 4.57 Å². The fourth-order valence-electron chi connectivity index (χ4n) is 1.51. The molecule has 1 aromatic carbocycles. The Morgan fingerprint density at radius 1 is 1.47 bits per heavy atom. The zero-order valence-electron chi connectivity index (χ0n) is 9.43. The number of rotatable bonds is 4. The maximum Gasteiger partial charge on any atom is 0.163 e. The van der Waals surface area contributed by atoms with Crippen molar-refractivity contribution in [3.8, 4) is 11.4 Å². The minimum absolute atomic E-state index is 0.101. The van der Waals surface area contributed by atoms with Crippen LogP contribution in [-0.4, -0.2) is 28.5 Å². The van der Waals surface area contributed by atoms with Gasteiger partial charge in [0.1, 0.15) is 12.1 Å². The number of anilines is 1. The number of nitrogens with zero attached hydrogens (tertiary/aromatic N) is 3. The average Bonchev–Trinajstić information content (AvgIpc) is 2.78. The monoisotopic (exact) mass is 236 g/mol. The summed E-state index contributed by atoms with van der Waals surface area (Å²) in [4.78, 5) is 0. The van der Waals surface area contributed by atoms with Crippen LogP contribution in [0.25, 0.3) is 11.4 Å². The topological polar surface area (TPSA) is 66.0 Å². The van der Waals surface area contributed by atoms with Crippen molar-refractivity contribution >= 4 is 5.69 Å². The summed E-state index contributed by atoms with van der Waals surface area (Å²) in [5.74, 6) is 0.213. The highest BCUT2D eigenvalue weighted by Crippen LogP contribution is 2.21. The molecular formula is C11H13FN4O. The first-order valence-electron chi connectivity index (χ1n) is 5.14. The number of nitrogens with two attached hydrogens (primary N) is 1. The molecule has 0 bridgehead atoms. The number of nitrogen functional groups attached to an aromatic ring is 1. The minimum atomic E-state index is -0.434. The molecule has 2 rings (SSSR count). The largest absolute Gasteiger partial charge is 0.396 e. The van der Waals surface area contributed by atoms with Crippen LogP contribution < -0.4 is 5.73 Å². The van der Waals surface area contributed by atoms with Gasteiger partial charge in [0.05, 0.1) is 12.3 Å². The summed E-state index contributed by atoms with van der Waals surface area (Å²) in [6.07, 6.45) is 1.61. The summed E-state index contributed by atoms with van der Waals surface area (Å²) < 4.78 is 19.9. The molecule has 0 radical (unpaired) electrons. The molecule has 90 valence electrons. The van der Waals surface area contributed by atoms with Gasteiger partial charge in [0.15, 0.2) is 5.82 Å². The van der Waals surface area contributed by atoms with E-state index in [0.29, 0.717) is 19.0 Å². The molecule has 2 N–H and O–H groups in total. The maximum atomic E-state index is 13.1. The van der Waals surface area contributed by atoms with E-state index in [0.717, 1.165) is 5.56 Å². The SMILES string of the molecule is COCCn1cnnc1-c1ccc(F)c(N)c1. The average molecular weight is 236 g/mol. The molecule has 0 spiro atoms. The van der Waals surface area contributed by atoms with Crippen molar-refractivity contribution in [2.24, 2.45) is 0 Å². The molecule has 0 aliphatic rings. The van der Waals surface area contributed by atoms with E-state index in [1.165, 1.54) is 6.07 Å². The van der Waals surface area contributed by atoms with Crippen molar-refractivity contribution in [3.05, 3.63) is 30.3 Å². The van der Waals surface area contributed by atoms with Crippen LogP contribution >= 0.6 is 0 Å². The lowest BCUT2D eigenvalue weighted by Gasteiger charge is -2.06. The number of ether oxygens (including phenoxy) is 1. The van der Waals surface area contributed by atoms with Gasteiger partial charge in [-0.05, 0) is 18.2 Å². The van der Waals surface area contributed by atoms with Gasteiger partial charge in [0.25, 0.3) is 0 Å². The van der Waals surface area contributed by atoms with Crippen molar-refractivity contribution in [2.75, 3.05) is 19.5 Å². The quantitative estimate of drug-likeness (QED) is 0.813. The Hall–Kier alpha value is -1.95. The molecule has 0 atom stereocenters. The number of benzene rings is 1. The maximum absolute atomic E-state index is 13.1. The standard InChI is InChI=1S/C11H13FN4O/c1-17-5-4-16-7-14-15-11(16)8-2-3-9(12)10(13)6-8/h2-3,6-7H,4-5,13H2,1H3. The molecule has 5 nitrogen and oxygen atoms in total. The van der Waals surface area contributed by atoms with Gasteiger partial charge < -0.3 is 15.0 Å². The Labute approximate surface area is 98.0 Å². The second-order valence-corrected chi connectivity index (χ2v) is 3.58. The van der Waals surface area contributed by atoms with Crippen molar-refractivity contribution in [1.29, 1.82) is 0 Å². The summed E-state index contributed by atoms with van der Waals surface area (Å²) in [7, 11) is 1.62. The molecule has 0 aliphatic carbocycles. The van der Waals surface area contributed by atoms with Crippen LogP contribution in [0.5, 0.6) is 0 Å². The van der Waals surface area contributed by atoms with Gasteiger partial charge in [-0.2, -0.15) is 0 Å². The first-order chi connectivity index (χ1) is 8.22. The molecule has 0 saturated carbocycles. The molecule has 6 heteroatoms. The number of aromatic nitrogens is 3. The lowest BCUT2D eigenvalue weighted by Crippen LogP contribution is -2.05. The van der Waals surface area contributed by atoms with E-state index in [1.54, 1.807) is 25.6 Å². The van der Waals surface area contributed by atoms with E-state index < -0.39 is 5.82 Å². The predicted octanol–water partition coefficient (Wildman–Crippen LogP) is 1.31. The Kier molecular flexibility index (Phi) is 3.34. The van der Waals surface area contributed by atoms with Crippen LogP contribution in [0.15, 0.2) is 24.5 Å². The third-order valence-electron chi connectivity index (χ3n) is 2.41. The predicted molar refractivity (Wildman–Crippen MR) is 61.7 cm³/mol. The molecule has 1 heterocycles. The Morgan fingerprint density at radius 3 is 3.00 bits per heavy atom. The summed E-state index contributed by atoms with van der Waals surface area (Å²) in [6.45, 7) is 1.19. The van der Waals surface area contributed by atoms with Gasteiger partial charge in [-0.15, -0.1) is 10.2 Å². The molecule has 0 amide bonds. The normalized spacial score (nSPS) is 10.7. The van der Waals surface area contributed by atoms with Crippen molar-refractivity contribution < 1.29 is 9.13 Å². The highest BCUT2D eigenvalue weighted by Gasteiger charge is 2.08. The molecule has 0 fully saturated rings. The molecule has 0 saturated heterocycles. The Morgan fingerprint density at radius 2 is 2.29 bits per heavy atom. The molecule has 0 unspecified atom stereocenters. The van der Waals surface area contributed by atoms with Crippen LogP contribution in [0.3, 0.4) is 0 Å². The van der Waals surface area contributed by atoms with Crippen molar-refractivity contribution in [1.82, 2.24) is 14.8 Å². The highest BCUT2D eigenvalue weighted by molar-refractivity contribution is 5.61. The minimum Gasteiger partial charge on any atom is -0.396 e. The Balaban J connectivity index is 2.32. The summed E-state index contributed by atoms with van der Waals surface area (Å²) >= 11 is 0. The van der Waals surface area contributed by atoms with Crippen LogP contribution in [-0.2, 0) is 11.3 Å². The van der Waals surface area contributed by atoms with Gasteiger partial charge in [0, 0.05) is 19.2 Å². The summed E-state index contributed by atoms with van der Waals surface area (Å²) in [5.41, 5.74) is 6.35. The van der Waals surface area contributed by atoms with Gasteiger partial charge in [-0.3, -0.25) is 0 Å². The first kappa shape index (κ1) is 11.5. The zero-order chi connectivity index (χ0) is 12.3. The molecular weight excluding hydrogens is 223 g/mol. The molecule has 0 aliphatic heterocycles. The fourth-order valence-corrected chi connectivity index (χ4v) is 1.51. The van der Waals surface area contributed by atoms with E-state index in [-0.39, 0.29) is 5.69 Å². The number of methoxy groups -OCH3 is 1. The van der Waals surface area contributed by atoms with Gasteiger partial charge in [0.2, 0.25) is 0 Å². The van der Waals surface area contributed by atoms with Crippen molar-refractivity contribution in [3.63, 3.8) is 0 Å². The van der Waals surface area contributed by atoms with Crippen LogP contribution in [0, 0.1) is 5.82 Å². The van der Waals surface area contributed by atoms with Gasteiger partial charge in [-0.1, -0.05) is 0 Å². The second kappa shape index (κ2) is 4.92. The second-order valence-electron chi connectivity index (χ2n) is 3.58. The van der Waals surface area contributed by atoms with Crippen LogP contribution in [0.1, 0.15) is 0 Å². The summed E-state index contributed by atoms with van der Waals surface area (Å²) in [5, 5.41) is 7.82. The third kappa shape index (κ3) is 2.42. The smallest absolute Gasteiger partial charge is 0.163 e. The molecule has 2 aromatic rings. The van der Waals surface area contributed by atoms with Crippen LogP contribution in [0.4, 0.5) is 10.1 Å². The summed E-state index contributed by atoms with van der Waals surface area (Å²) in [6, 6.07) is 4.49. The zero-order valence-corrected chi connectivity index (χ0v) is 9.43. The van der Waals surface area contributed by atoms with Crippen LogP contribution in [0.2, 0.25) is 0 Å².